The van der Waals surface area contributed by atoms with E-state index in [4.69, 9.17) is 9.78 Å². The lowest BCUT2D eigenvalue weighted by Gasteiger charge is -2.13. The van der Waals surface area contributed by atoms with Gasteiger partial charge < -0.3 is 9.47 Å². The number of rotatable bonds is 4. The van der Waals surface area contributed by atoms with Crippen molar-refractivity contribution >= 4 is 26.8 Å². The fourth-order valence-electron chi connectivity index (χ4n) is 3.15. The number of carbonyl (C=O) groups is 1. The number of amides is 1. The maximum atomic E-state index is 11.8. The second kappa shape index (κ2) is 7.16. The summed E-state index contributed by atoms with van der Waals surface area (Å²) in [5, 5.41) is 0.796. The fraction of sp³-hybridized carbons (Fsp3) is 0.263. The molecular weight excluding hydrogens is 382 g/mol. The molecule has 8 nitrogen and oxygen atoms in total. The zero-order chi connectivity index (χ0) is 19.7. The largest absolute Gasteiger partial charge is 0.452 e. The van der Waals surface area contributed by atoms with Crippen LogP contribution in [-0.2, 0) is 14.7 Å². The third kappa shape index (κ3) is 3.65. The van der Waals surface area contributed by atoms with E-state index in [1.54, 1.807) is 35.2 Å². The predicted molar refractivity (Wildman–Crippen MR) is 102 cm³/mol. The Kier molecular flexibility index (Phi) is 4.68. The maximum Gasteiger partial charge on any atom is 0.452 e. The number of likely N-dealkylation sites (tertiary alicyclic amines) is 1. The number of sulfone groups is 1. The Labute approximate surface area is 162 Å². The molecule has 1 amide bonds. The molecule has 0 saturated carbocycles. The molecule has 0 bridgehead atoms. The van der Waals surface area contributed by atoms with Crippen LogP contribution in [0.4, 0.5) is 4.79 Å². The molecule has 1 saturated heterocycles. The van der Waals surface area contributed by atoms with Gasteiger partial charge in [0.15, 0.2) is 15.6 Å². The van der Waals surface area contributed by atoms with E-state index in [-0.39, 0.29) is 4.90 Å². The summed E-state index contributed by atoms with van der Waals surface area (Å²) in [6.07, 6.45) is 5.90. The van der Waals surface area contributed by atoms with Crippen LogP contribution in [0.2, 0.25) is 0 Å². The highest BCUT2D eigenvalue weighted by Crippen LogP contribution is 2.23. The Balaban J connectivity index is 1.50. The monoisotopic (exact) mass is 401 g/mol. The Hall–Kier alpha value is -3.07. The van der Waals surface area contributed by atoms with Crippen molar-refractivity contribution in [1.29, 1.82) is 0 Å². The van der Waals surface area contributed by atoms with Crippen LogP contribution in [0.5, 0.6) is 5.75 Å². The molecule has 1 fully saturated rings. The third-order valence-corrected chi connectivity index (χ3v) is 5.74. The van der Waals surface area contributed by atoms with Crippen LogP contribution >= 0.6 is 0 Å². The van der Waals surface area contributed by atoms with Crippen LogP contribution in [0.25, 0.3) is 16.7 Å². The molecule has 28 heavy (non-hydrogen) atoms. The molecule has 0 atom stereocenters. The Morgan fingerprint density at radius 3 is 2.57 bits per heavy atom. The molecule has 1 aromatic carbocycles. The van der Waals surface area contributed by atoms with Gasteiger partial charge in [-0.25, -0.2) is 23.1 Å². The van der Waals surface area contributed by atoms with E-state index in [1.165, 1.54) is 12.5 Å². The molecule has 0 aliphatic carbocycles. The first-order chi connectivity index (χ1) is 13.4. The van der Waals surface area contributed by atoms with Gasteiger partial charge >= 0.3 is 6.09 Å². The minimum Gasteiger partial charge on any atom is -0.305 e. The van der Waals surface area contributed by atoms with E-state index in [0.29, 0.717) is 24.7 Å². The highest BCUT2D eigenvalue weighted by molar-refractivity contribution is 7.90. The quantitative estimate of drug-likeness (QED) is 0.493. The minimum absolute atomic E-state index is 0.272. The van der Waals surface area contributed by atoms with Crippen molar-refractivity contribution in [3.8, 4) is 11.6 Å². The van der Waals surface area contributed by atoms with Gasteiger partial charge in [0.2, 0.25) is 0 Å². The topological polar surface area (TPSA) is 90.7 Å². The molecule has 3 heterocycles. The molecular formula is C19H19N3O5S. The summed E-state index contributed by atoms with van der Waals surface area (Å²) in [6.45, 7) is 1.36. The second-order valence-corrected chi connectivity index (χ2v) is 8.67. The van der Waals surface area contributed by atoms with Crippen molar-refractivity contribution in [3.05, 3.63) is 48.8 Å². The van der Waals surface area contributed by atoms with Gasteiger partial charge in [-0.2, -0.15) is 0 Å². The standard InChI is InChI=1S/C19H19N3O5S/c1-28(24,25)16-5-6-17-14(12-16)8-11-22(17)18-7-4-15(13-20-18)26-27-19(23)21-9-2-3-10-21/h4-8,11-13H,2-3,9-10H2,1H3. The summed E-state index contributed by atoms with van der Waals surface area (Å²) in [5.41, 5.74) is 0.828. The van der Waals surface area contributed by atoms with E-state index in [2.05, 4.69) is 4.98 Å². The second-order valence-electron chi connectivity index (χ2n) is 6.66. The predicted octanol–water partition coefficient (Wildman–Crippen LogP) is 2.96. The Morgan fingerprint density at radius 2 is 1.89 bits per heavy atom. The summed E-state index contributed by atoms with van der Waals surface area (Å²) in [4.78, 5) is 27.9. The number of nitrogens with zero attached hydrogens (tertiary/aromatic N) is 3. The van der Waals surface area contributed by atoms with Gasteiger partial charge in [0.05, 0.1) is 16.6 Å². The van der Waals surface area contributed by atoms with Gasteiger partial charge in [-0.15, -0.1) is 0 Å². The number of aromatic nitrogens is 2. The first-order valence-corrected chi connectivity index (χ1v) is 10.7. The van der Waals surface area contributed by atoms with Gasteiger partial charge in [-0.3, -0.25) is 4.89 Å². The molecule has 0 N–H and O–H groups in total. The zero-order valence-corrected chi connectivity index (χ0v) is 16.1. The Bertz CT molecular complexity index is 1120. The van der Waals surface area contributed by atoms with Gasteiger partial charge in [-0.05, 0) is 49.2 Å². The number of hydrogen-bond donors (Lipinski definition) is 0. The maximum absolute atomic E-state index is 11.8. The van der Waals surface area contributed by atoms with Crippen molar-refractivity contribution < 1.29 is 23.0 Å². The molecule has 0 unspecified atom stereocenters. The SMILES string of the molecule is CS(=O)(=O)c1ccc2c(ccn2-c2ccc(OOC(=O)N3CCCC3)cn2)c1. The number of benzene rings is 1. The summed E-state index contributed by atoms with van der Waals surface area (Å²) >= 11 is 0. The van der Waals surface area contributed by atoms with Gasteiger partial charge in [0, 0.05) is 30.9 Å². The number of hydrogen-bond acceptors (Lipinski definition) is 6. The van der Waals surface area contributed by atoms with E-state index >= 15 is 0 Å². The molecule has 4 rings (SSSR count). The molecule has 0 spiro atoms. The van der Waals surface area contributed by atoms with Crippen molar-refractivity contribution in [1.82, 2.24) is 14.5 Å². The van der Waals surface area contributed by atoms with Crippen LogP contribution in [0.15, 0.2) is 53.7 Å². The average Bonchev–Trinajstić information content (AvgIpc) is 3.35. The van der Waals surface area contributed by atoms with E-state index in [1.807, 2.05) is 16.8 Å². The molecule has 3 aromatic rings. The first-order valence-electron chi connectivity index (χ1n) is 8.83. The normalized spacial score (nSPS) is 14.4. The van der Waals surface area contributed by atoms with E-state index < -0.39 is 15.9 Å². The van der Waals surface area contributed by atoms with Crippen molar-refractivity contribution in [2.75, 3.05) is 19.3 Å². The third-order valence-electron chi connectivity index (χ3n) is 4.63. The lowest BCUT2D eigenvalue weighted by molar-refractivity contribution is -0.152. The average molecular weight is 401 g/mol. The zero-order valence-electron chi connectivity index (χ0n) is 15.2. The number of pyridine rings is 1. The summed E-state index contributed by atoms with van der Waals surface area (Å²) in [6, 6.07) is 10.2. The van der Waals surface area contributed by atoms with Crippen LogP contribution in [0.1, 0.15) is 12.8 Å². The van der Waals surface area contributed by atoms with Gasteiger partial charge in [-0.1, -0.05) is 0 Å². The van der Waals surface area contributed by atoms with Crippen LogP contribution < -0.4 is 4.89 Å². The molecule has 9 heteroatoms. The summed E-state index contributed by atoms with van der Waals surface area (Å²) in [5.74, 6) is 0.937. The number of carbonyl (C=O) groups excluding carboxylic acids is 1. The highest BCUT2D eigenvalue weighted by Gasteiger charge is 2.20. The van der Waals surface area contributed by atoms with Crippen LogP contribution in [0, 0.1) is 0 Å². The van der Waals surface area contributed by atoms with E-state index in [0.717, 1.165) is 23.7 Å². The highest BCUT2D eigenvalue weighted by atomic mass is 32.2. The van der Waals surface area contributed by atoms with Crippen molar-refractivity contribution in [3.63, 3.8) is 0 Å². The molecule has 0 radical (unpaired) electrons. The lowest BCUT2D eigenvalue weighted by Crippen LogP contribution is -2.29. The van der Waals surface area contributed by atoms with Crippen LogP contribution in [0.3, 0.4) is 0 Å². The van der Waals surface area contributed by atoms with Crippen molar-refractivity contribution in [2.45, 2.75) is 17.7 Å². The smallest absolute Gasteiger partial charge is 0.305 e. The molecule has 1 aliphatic heterocycles. The van der Waals surface area contributed by atoms with Gasteiger partial charge in [0.25, 0.3) is 0 Å². The Morgan fingerprint density at radius 1 is 1.11 bits per heavy atom. The molecule has 1 aliphatic rings. The van der Waals surface area contributed by atoms with Gasteiger partial charge in [0.1, 0.15) is 5.82 Å². The number of fused-ring (bicyclic) bond motifs is 1. The summed E-state index contributed by atoms with van der Waals surface area (Å²) < 4.78 is 25.3. The van der Waals surface area contributed by atoms with E-state index in [9.17, 15) is 13.2 Å². The lowest BCUT2D eigenvalue weighted by atomic mass is 10.2. The first kappa shape index (κ1) is 18.3. The van der Waals surface area contributed by atoms with Crippen molar-refractivity contribution in [2.24, 2.45) is 0 Å². The molecule has 146 valence electrons. The summed E-state index contributed by atoms with van der Waals surface area (Å²) in [7, 11) is -3.26. The molecule has 2 aromatic heterocycles. The fourth-order valence-corrected chi connectivity index (χ4v) is 3.81. The van der Waals surface area contributed by atoms with Crippen LogP contribution in [-0.4, -0.2) is 48.3 Å². The minimum atomic E-state index is -3.26.